The molecule has 0 radical (unpaired) electrons. The van der Waals surface area contributed by atoms with Crippen LogP contribution in [0.3, 0.4) is 0 Å². The van der Waals surface area contributed by atoms with Crippen LogP contribution < -0.4 is 16.6 Å². The normalized spacial score (nSPS) is 38.3. The van der Waals surface area contributed by atoms with Gasteiger partial charge in [-0.25, -0.2) is 0 Å². The van der Waals surface area contributed by atoms with Crippen molar-refractivity contribution < 1.29 is 0 Å². The molecule has 1 aliphatic carbocycles. The summed E-state index contributed by atoms with van der Waals surface area (Å²) in [6.45, 7) is 1.02. The summed E-state index contributed by atoms with van der Waals surface area (Å²) in [7, 11) is 0. The summed E-state index contributed by atoms with van der Waals surface area (Å²) in [5.74, 6) is 1.23. The standard InChI is InChI=1S/C13H19N3/c14-12-6-10(9-4-2-1-3-5-9)7-13-11(12)8-15-16-13/h1-5,10-13,15-16H,6-8,14H2. The first-order chi connectivity index (χ1) is 7.84. The molecule has 0 amide bonds. The van der Waals surface area contributed by atoms with E-state index in [2.05, 4.69) is 41.2 Å². The summed E-state index contributed by atoms with van der Waals surface area (Å²) in [5, 5.41) is 0. The SMILES string of the molecule is NC1CC(c2ccccc2)CC2NNCC12. The molecule has 3 nitrogen and oxygen atoms in total. The maximum Gasteiger partial charge on any atom is 0.0274 e. The second kappa shape index (κ2) is 4.17. The molecule has 1 aromatic carbocycles. The largest absolute Gasteiger partial charge is 0.327 e. The smallest absolute Gasteiger partial charge is 0.0274 e. The Morgan fingerprint density at radius 3 is 2.75 bits per heavy atom. The average Bonchev–Trinajstić information content (AvgIpc) is 2.79. The van der Waals surface area contributed by atoms with Crippen LogP contribution in [0, 0.1) is 5.92 Å². The number of hydrazine groups is 1. The average molecular weight is 217 g/mol. The maximum atomic E-state index is 6.27. The molecule has 2 fully saturated rings. The number of benzene rings is 1. The molecule has 1 saturated carbocycles. The Balaban J connectivity index is 1.79. The topological polar surface area (TPSA) is 50.1 Å². The van der Waals surface area contributed by atoms with E-state index in [-0.39, 0.29) is 0 Å². The van der Waals surface area contributed by atoms with Gasteiger partial charge < -0.3 is 5.73 Å². The van der Waals surface area contributed by atoms with Gasteiger partial charge in [-0.1, -0.05) is 30.3 Å². The molecule has 0 spiro atoms. The molecular formula is C13H19N3. The van der Waals surface area contributed by atoms with Crippen LogP contribution in [0.2, 0.25) is 0 Å². The molecule has 0 bridgehead atoms. The molecular weight excluding hydrogens is 198 g/mol. The van der Waals surface area contributed by atoms with Crippen molar-refractivity contribution in [1.82, 2.24) is 10.9 Å². The van der Waals surface area contributed by atoms with Crippen LogP contribution in [0.5, 0.6) is 0 Å². The van der Waals surface area contributed by atoms with Gasteiger partial charge in [0.2, 0.25) is 0 Å². The minimum absolute atomic E-state index is 0.325. The second-order valence-corrected chi connectivity index (χ2v) is 5.04. The number of fused-ring (bicyclic) bond motifs is 1. The lowest BCUT2D eigenvalue weighted by Gasteiger charge is -2.35. The Morgan fingerprint density at radius 2 is 1.94 bits per heavy atom. The predicted octanol–water partition coefficient (Wildman–Crippen LogP) is 0.984. The van der Waals surface area contributed by atoms with E-state index in [0.29, 0.717) is 23.9 Å². The van der Waals surface area contributed by atoms with Crippen molar-refractivity contribution in [2.45, 2.75) is 30.8 Å². The quantitative estimate of drug-likeness (QED) is 0.657. The molecule has 2 aliphatic rings. The van der Waals surface area contributed by atoms with Gasteiger partial charge in [-0.15, -0.1) is 0 Å². The number of nitrogens with one attached hydrogen (secondary N) is 2. The minimum Gasteiger partial charge on any atom is -0.327 e. The number of hydrogen-bond acceptors (Lipinski definition) is 3. The lowest BCUT2D eigenvalue weighted by molar-refractivity contribution is 0.265. The molecule has 4 unspecified atom stereocenters. The summed E-state index contributed by atoms with van der Waals surface area (Å²) in [6.07, 6.45) is 2.32. The number of rotatable bonds is 1. The zero-order chi connectivity index (χ0) is 11.0. The molecule has 16 heavy (non-hydrogen) atoms. The van der Waals surface area contributed by atoms with Gasteiger partial charge in [-0.3, -0.25) is 10.9 Å². The molecule has 1 saturated heterocycles. The Morgan fingerprint density at radius 1 is 1.12 bits per heavy atom. The fourth-order valence-electron chi connectivity index (χ4n) is 3.14. The van der Waals surface area contributed by atoms with Gasteiger partial charge in [-0.05, 0) is 24.3 Å². The van der Waals surface area contributed by atoms with Crippen molar-refractivity contribution in [2.75, 3.05) is 6.54 Å². The van der Waals surface area contributed by atoms with Gasteiger partial charge in [-0.2, -0.15) is 0 Å². The number of nitrogens with two attached hydrogens (primary N) is 1. The van der Waals surface area contributed by atoms with E-state index >= 15 is 0 Å². The molecule has 3 heteroatoms. The fraction of sp³-hybridized carbons (Fsp3) is 0.538. The highest BCUT2D eigenvalue weighted by Crippen LogP contribution is 2.36. The van der Waals surface area contributed by atoms with Crippen molar-refractivity contribution in [3.05, 3.63) is 35.9 Å². The van der Waals surface area contributed by atoms with Crippen LogP contribution in [0.15, 0.2) is 30.3 Å². The van der Waals surface area contributed by atoms with E-state index < -0.39 is 0 Å². The monoisotopic (exact) mass is 217 g/mol. The zero-order valence-corrected chi connectivity index (χ0v) is 9.39. The molecule has 3 rings (SSSR count). The van der Waals surface area contributed by atoms with E-state index in [1.165, 1.54) is 12.0 Å². The summed E-state index contributed by atoms with van der Waals surface area (Å²) < 4.78 is 0. The second-order valence-electron chi connectivity index (χ2n) is 5.04. The van der Waals surface area contributed by atoms with E-state index in [9.17, 15) is 0 Å². The Kier molecular flexibility index (Phi) is 2.67. The van der Waals surface area contributed by atoms with E-state index in [1.54, 1.807) is 0 Å². The first-order valence-electron chi connectivity index (χ1n) is 6.13. The van der Waals surface area contributed by atoms with Crippen LogP contribution in [-0.2, 0) is 0 Å². The van der Waals surface area contributed by atoms with Crippen molar-refractivity contribution in [3.63, 3.8) is 0 Å². The molecule has 4 N–H and O–H groups in total. The van der Waals surface area contributed by atoms with E-state index in [0.717, 1.165) is 13.0 Å². The van der Waals surface area contributed by atoms with E-state index in [1.807, 2.05) is 0 Å². The molecule has 1 aliphatic heterocycles. The van der Waals surface area contributed by atoms with Crippen molar-refractivity contribution >= 4 is 0 Å². The Labute approximate surface area is 96.4 Å². The van der Waals surface area contributed by atoms with Crippen LogP contribution in [0.25, 0.3) is 0 Å². The lowest BCUT2D eigenvalue weighted by atomic mass is 9.74. The van der Waals surface area contributed by atoms with Crippen LogP contribution >= 0.6 is 0 Å². The molecule has 1 aromatic rings. The van der Waals surface area contributed by atoms with Crippen LogP contribution in [0.1, 0.15) is 24.3 Å². The third-order valence-electron chi connectivity index (χ3n) is 4.06. The maximum absolute atomic E-state index is 6.27. The molecule has 86 valence electrons. The highest BCUT2D eigenvalue weighted by molar-refractivity contribution is 5.21. The fourth-order valence-corrected chi connectivity index (χ4v) is 3.14. The highest BCUT2D eigenvalue weighted by atomic mass is 15.4. The van der Waals surface area contributed by atoms with Crippen molar-refractivity contribution in [2.24, 2.45) is 11.7 Å². The van der Waals surface area contributed by atoms with Gasteiger partial charge in [0.15, 0.2) is 0 Å². The van der Waals surface area contributed by atoms with Gasteiger partial charge in [0.05, 0.1) is 0 Å². The van der Waals surface area contributed by atoms with Gasteiger partial charge >= 0.3 is 0 Å². The van der Waals surface area contributed by atoms with Crippen molar-refractivity contribution in [1.29, 1.82) is 0 Å². The van der Waals surface area contributed by atoms with Gasteiger partial charge in [0.1, 0.15) is 0 Å². The predicted molar refractivity (Wildman–Crippen MR) is 64.8 cm³/mol. The minimum atomic E-state index is 0.325. The first-order valence-corrected chi connectivity index (χ1v) is 6.13. The molecule has 4 atom stereocenters. The summed E-state index contributed by atoms with van der Waals surface area (Å²) in [6, 6.07) is 11.6. The summed E-state index contributed by atoms with van der Waals surface area (Å²) in [4.78, 5) is 0. The molecule has 0 aromatic heterocycles. The first kappa shape index (κ1) is 10.3. The lowest BCUT2D eigenvalue weighted by Crippen LogP contribution is -2.46. The third-order valence-corrected chi connectivity index (χ3v) is 4.06. The Hall–Kier alpha value is -0.900. The van der Waals surface area contributed by atoms with Crippen LogP contribution in [0.4, 0.5) is 0 Å². The van der Waals surface area contributed by atoms with E-state index in [4.69, 9.17) is 5.73 Å². The molecule has 1 heterocycles. The van der Waals surface area contributed by atoms with Crippen molar-refractivity contribution in [3.8, 4) is 0 Å². The van der Waals surface area contributed by atoms with Crippen LogP contribution in [-0.4, -0.2) is 18.6 Å². The highest BCUT2D eigenvalue weighted by Gasteiger charge is 2.39. The zero-order valence-electron chi connectivity index (χ0n) is 9.39. The van der Waals surface area contributed by atoms with Gasteiger partial charge in [0, 0.05) is 24.5 Å². The Bertz CT molecular complexity index is 351. The summed E-state index contributed by atoms with van der Waals surface area (Å²) in [5.41, 5.74) is 14.3. The number of hydrogen-bond donors (Lipinski definition) is 3. The third kappa shape index (κ3) is 1.75. The summed E-state index contributed by atoms with van der Waals surface area (Å²) >= 11 is 0. The van der Waals surface area contributed by atoms with Gasteiger partial charge in [0.25, 0.3) is 0 Å².